The molecule has 3 rings (SSSR count). The molecule has 2 aromatic carbocycles. The lowest BCUT2D eigenvalue weighted by Crippen LogP contribution is -2.14. The zero-order valence-electron chi connectivity index (χ0n) is 14.9. The molecule has 27 heavy (non-hydrogen) atoms. The third kappa shape index (κ3) is 5.24. The van der Waals surface area contributed by atoms with E-state index in [1.165, 1.54) is 12.1 Å². The minimum absolute atomic E-state index is 0.185. The number of rotatable bonds is 6. The van der Waals surface area contributed by atoms with Crippen LogP contribution in [-0.2, 0) is 11.3 Å². The predicted octanol–water partition coefficient (Wildman–Crippen LogP) is 6.34. The van der Waals surface area contributed by atoms with Crippen LogP contribution in [0.4, 0.5) is 4.39 Å². The molecule has 1 aliphatic rings. The number of halogens is 3. The monoisotopic (exact) mass is 407 g/mol. The molecule has 0 spiro atoms. The second-order valence-corrected chi connectivity index (χ2v) is 7.29. The summed E-state index contributed by atoms with van der Waals surface area (Å²) in [6.45, 7) is 2.20. The highest BCUT2D eigenvalue weighted by Crippen LogP contribution is 2.31. The van der Waals surface area contributed by atoms with Gasteiger partial charge in [-0.15, -0.1) is 0 Å². The maximum Gasteiger partial charge on any atom is 0.149 e. The Morgan fingerprint density at radius 2 is 1.96 bits per heavy atom. The number of ether oxygens (including phenoxy) is 1. The molecule has 0 aliphatic heterocycles. The van der Waals surface area contributed by atoms with Crippen molar-refractivity contribution in [3.05, 3.63) is 75.5 Å². The first-order chi connectivity index (χ1) is 13.0. The van der Waals surface area contributed by atoms with Crippen molar-refractivity contribution in [3.8, 4) is 5.75 Å². The largest absolute Gasteiger partial charge is 0.489 e. The summed E-state index contributed by atoms with van der Waals surface area (Å²) in [6, 6.07) is 12.1. The summed E-state index contributed by atoms with van der Waals surface area (Å²) in [6.07, 6.45) is 4.05. The van der Waals surface area contributed by atoms with E-state index in [0.717, 1.165) is 47.4 Å². The summed E-state index contributed by atoms with van der Waals surface area (Å²) < 4.78 is 19.0. The van der Waals surface area contributed by atoms with Crippen LogP contribution >= 0.6 is 23.2 Å². The Morgan fingerprint density at radius 1 is 1.19 bits per heavy atom. The standard InChI is InChI=1S/C21H20Cl2FNO2/c1-14(15-8-10-16(24)11-9-15)27-25-19-6-2-5-18-17(19)4-3-7-20(18)26-13-12-21(22)23/h3-4,7-12,14H,2,5-6,13H2,1H3/b25-19+. The van der Waals surface area contributed by atoms with Gasteiger partial charge in [-0.25, -0.2) is 4.39 Å². The van der Waals surface area contributed by atoms with E-state index in [-0.39, 0.29) is 16.4 Å². The first-order valence-corrected chi connectivity index (χ1v) is 9.54. The smallest absolute Gasteiger partial charge is 0.149 e. The Kier molecular flexibility index (Phi) is 6.75. The lowest BCUT2D eigenvalue weighted by Gasteiger charge is -2.21. The minimum atomic E-state index is -0.267. The van der Waals surface area contributed by atoms with E-state index in [2.05, 4.69) is 5.16 Å². The molecule has 1 unspecified atom stereocenters. The van der Waals surface area contributed by atoms with Gasteiger partial charge in [-0.1, -0.05) is 52.6 Å². The second kappa shape index (κ2) is 9.25. The molecular weight excluding hydrogens is 388 g/mol. The SMILES string of the molecule is CC(O/N=C1\CCCc2c(OCC=C(Cl)Cl)cccc21)c1ccc(F)cc1. The highest BCUT2D eigenvalue weighted by Gasteiger charge is 2.20. The molecule has 1 atom stereocenters. The van der Waals surface area contributed by atoms with E-state index >= 15 is 0 Å². The number of oxime groups is 1. The third-order valence-corrected chi connectivity index (χ3v) is 4.73. The first kappa shape index (κ1) is 19.7. The predicted molar refractivity (Wildman–Crippen MR) is 107 cm³/mol. The van der Waals surface area contributed by atoms with E-state index in [1.807, 2.05) is 25.1 Å². The summed E-state index contributed by atoms with van der Waals surface area (Å²) in [5.41, 5.74) is 3.91. The van der Waals surface area contributed by atoms with E-state index in [0.29, 0.717) is 6.61 Å². The Bertz CT molecular complexity index is 846. The lowest BCUT2D eigenvalue weighted by molar-refractivity contribution is 0.0718. The van der Waals surface area contributed by atoms with Crippen LogP contribution in [0.5, 0.6) is 5.75 Å². The molecule has 0 bridgehead atoms. The molecule has 0 aromatic heterocycles. The Labute approximate surface area is 168 Å². The van der Waals surface area contributed by atoms with Crippen molar-refractivity contribution < 1.29 is 14.0 Å². The van der Waals surface area contributed by atoms with Crippen molar-refractivity contribution >= 4 is 28.9 Å². The topological polar surface area (TPSA) is 30.8 Å². The maximum absolute atomic E-state index is 13.1. The Balaban J connectivity index is 1.76. The van der Waals surface area contributed by atoms with Gasteiger partial charge in [-0.2, -0.15) is 0 Å². The Hall–Kier alpha value is -2.04. The zero-order valence-corrected chi connectivity index (χ0v) is 16.4. The molecule has 0 fully saturated rings. The van der Waals surface area contributed by atoms with E-state index in [4.69, 9.17) is 32.8 Å². The van der Waals surface area contributed by atoms with Crippen LogP contribution in [0.3, 0.4) is 0 Å². The van der Waals surface area contributed by atoms with Gasteiger partial charge >= 0.3 is 0 Å². The summed E-state index contributed by atoms with van der Waals surface area (Å²) >= 11 is 11.3. The van der Waals surface area contributed by atoms with Crippen LogP contribution in [0.1, 0.15) is 42.6 Å². The van der Waals surface area contributed by atoms with Gasteiger partial charge in [0.15, 0.2) is 0 Å². The zero-order chi connectivity index (χ0) is 19.2. The van der Waals surface area contributed by atoms with Crippen molar-refractivity contribution in [2.75, 3.05) is 6.61 Å². The molecule has 0 saturated carbocycles. The normalized spacial score (nSPS) is 15.8. The lowest BCUT2D eigenvalue weighted by atomic mass is 9.89. The van der Waals surface area contributed by atoms with Crippen molar-refractivity contribution in [2.24, 2.45) is 5.16 Å². The maximum atomic E-state index is 13.1. The van der Waals surface area contributed by atoms with Crippen molar-refractivity contribution in [3.63, 3.8) is 0 Å². The van der Waals surface area contributed by atoms with Gasteiger partial charge in [0.1, 0.15) is 28.8 Å². The average Bonchev–Trinajstić information content (AvgIpc) is 2.66. The molecule has 0 saturated heterocycles. The molecule has 0 radical (unpaired) electrons. The van der Waals surface area contributed by atoms with Gasteiger partial charge in [0.25, 0.3) is 0 Å². The number of nitrogens with zero attached hydrogens (tertiary/aromatic N) is 1. The quantitative estimate of drug-likeness (QED) is 0.522. The molecule has 6 heteroatoms. The van der Waals surface area contributed by atoms with Gasteiger partial charge in [-0.3, -0.25) is 0 Å². The fourth-order valence-electron chi connectivity index (χ4n) is 3.02. The highest BCUT2D eigenvalue weighted by molar-refractivity contribution is 6.55. The molecule has 1 aliphatic carbocycles. The molecule has 0 N–H and O–H groups in total. The summed E-state index contributed by atoms with van der Waals surface area (Å²) in [5.74, 6) is 0.536. The van der Waals surface area contributed by atoms with Crippen LogP contribution < -0.4 is 4.74 Å². The number of hydrogen-bond acceptors (Lipinski definition) is 3. The fraction of sp³-hybridized carbons (Fsp3) is 0.286. The summed E-state index contributed by atoms with van der Waals surface area (Å²) in [5, 5.41) is 4.39. The van der Waals surface area contributed by atoms with E-state index in [1.54, 1.807) is 18.2 Å². The molecular formula is C21H20Cl2FNO2. The third-order valence-electron chi connectivity index (χ3n) is 4.42. The second-order valence-electron chi connectivity index (χ2n) is 6.28. The van der Waals surface area contributed by atoms with Crippen LogP contribution in [0.15, 0.2) is 58.2 Å². The molecule has 3 nitrogen and oxygen atoms in total. The van der Waals surface area contributed by atoms with Crippen molar-refractivity contribution in [2.45, 2.75) is 32.3 Å². The van der Waals surface area contributed by atoms with Crippen LogP contribution in [-0.4, -0.2) is 12.3 Å². The highest BCUT2D eigenvalue weighted by atomic mass is 35.5. The van der Waals surface area contributed by atoms with Gasteiger partial charge < -0.3 is 9.57 Å². The van der Waals surface area contributed by atoms with Gasteiger partial charge in [0.05, 0.1) is 5.71 Å². The number of hydrogen-bond donors (Lipinski definition) is 0. The Morgan fingerprint density at radius 3 is 2.70 bits per heavy atom. The van der Waals surface area contributed by atoms with Crippen LogP contribution in [0.25, 0.3) is 0 Å². The minimum Gasteiger partial charge on any atom is -0.489 e. The average molecular weight is 408 g/mol. The fourth-order valence-corrected chi connectivity index (χ4v) is 3.15. The van der Waals surface area contributed by atoms with Gasteiger partial charge in [-0.05, 0) is 56.0 Å². The van der Waals surface area contributed by atoms with E-state index in [9.17, 15) is 4.39 Å². The summed E-state index contributed by atoms with van der Waals surface area (Å²) in [7, 11) is 0. The summed E-state index contributed by atoms with van der Waals surface area (Å²) in [4.78, 5) is 5.70. The van der Waals surface area contributed by atoms with Gasteiger partial charge in [0.2, 0.25) is 0 Å². The van der Waals surface area contributed by atoms with Crippen molar-refractivity contribution in [1.82, 2.24) is 0 Å². The first-order valence-electron chi connectivity index (χ1n) is 8.79. The number of fused-ring (bicyclic) bond motifs is 1. The molecule has 2 aromatic rings. The molecule has 0 amide bonds. The molecule has 0 heterocycles. The number of benzene rings is 2. The van der Waals surface area contributed by atoms with Crippen molar-refractivity contribution in [1.29, 1.82) is 0 Å². The van der Waals surface area contributed by atoms with Crippen LogP contribution in [0.2, 0.25) is 0 Å². The molecule has 142 valence electrons. The van der Waals surface area contributed by atoms with Crippen LogP contribution in [0, 0.1) is 5.82 Å². The van der Waals surface area contributed by atoms with E-state index < -0.39 is 0 Å². The van der Waals surface area contributed by atoms with Gasteiger partial charge in [0, 0.05) is 11.1 Å².